The zero-order valence-electron chi connectivity index (χ0n) is 15.5. The maximum atomic E-state index is 13.0. The summed E-state index contributed by atoms with van der Waals surface area (Å²) < 4.78 is 5.99. The largest absolute Gasteiger partial charge is 0.478 e. The van der Waals surface area contributed by atoms with Crippen molar-refractivity contribution in [1.29, 1.82) is 0 Å². The number of aryl methyl sites for hydroxylation is 1. The standard InChI is InChI=1S/C23H22O4/c1-3-4-9-18-20(12-10-16-8-6-5-7-15(16)2)27-21-13-11-17(23(25)26)14-19(21)22(18)24/h5-8,10-14H,3-4,9H2,1-2H3,(H,25,26). The highest BCUT2D eigenvalue weighted by molar-refractivity contribution is 5.93. The summed E-state index contributed by atoms with van der Waals surface area (Å²) >= 11 is 0. The maximum absolute atomic E-state index is 13.0. The first-order chi connectivity index (χ1) is 13.0. The zero-order chi connectivity index (χ0) is 19.4. The van der Waals surface area contributed by atoms with E-state index in [1.165, 1.54) is 12.1 Å². The molecule has 0 radical (unpaired) electrons. The smallest absolute Gasteiger partial charge is 0.335 e. The van der Waals surface area contributed by atoms with Gasteiger partial charge in [-0.1, -0.05) is 43.7 Å². The Kier molecular flexibility index (Phi) is 5.55. The lowest BCUT2D eigenvalue weighted by atomic mass is 10.0. The van der Waals surface area contributed by atoms with Crippen LogP contribution in [0.5, 0.6) is 0 Å². The molecule has 4 nitrogen and oxygen atoms in total. The first-order valence-corrected chi connectivity index (χ1v) is 9.08. The maximum Gasteiger partial charge on any atom is 0.335 e. The molecule has 0 saturated carbocycles. The summed E-state index contributed by atoms with van der Waals surface area (Å²) in [4.78, 5) is 24.2. The second kappa shape index (κ2) is 8.04. The molecule has 0 aliphatic carbocycles. The number of unbranched alkanes of at least 4 members (excludes halogenated alkanes) is 1. The van der Waals surface area contributed by atoms with E-state index < -0.39 is 5.97 Å². The van der Waals surface area contributed by atoms with Gasteiger partial charge in [0.25, 0.3) is 0 Å². The fourth-order valence-corrected chi connectivity index (χ4v) is 3.05. The van der Waals surface area contributed by atoms with Crippen molar-refractivity contribution < 1.29 is 14.3 Å². The van der Waals surface area contributed by atoms with Crippen molar-refractivity contribution in [3.63, 3.8) is 0 Å². The van der Waals surface area contributed by atoms with Crippen LogP contribution in [0.25, 0.3) is 23.1 Å². The second-order valence-corrected chi connectivity index (χ2v) is 6.58. The van der Waals surface area contributed by atoms with Crippen LogP contribution in [-0.4, -0.2) is 11.1 Å². The lowest BCUT2D eigenvalue weighted by Crippen LogP contribution is -2.12. The molecule has 1 aromatic heterocycles. The molecule has 0 saturated heterocycles. The quantitative estimate of drug-likeness (QED) is 0.645. The number of carboxylic acid groups (broad SMARTS) is 1. The summed E-state index contributed by atoms with van der Waals surface area (Å²) in [7, 11) is 0. The monoisotopic (exact) mass is 362 g/mol. The van der Waals surface area contributed by atoms with Gasteiger partial charge in [-0.2, -0.15) is 0 Å². The zero-order valence-corrected chi connectivity index (χ0v) is 15.5. The van der Waals surface area contributed by atoms with Gasteiger partial charge in [0.1, 0.15) is 11.3 Å². The second-order valence-electron chi connectivity index (χ2n) is 6.58. The first kappa shape index (κ1) is 18.6. The molecule has 27 heavy (non-hydrogen) atoms. The van der Waals surface area contributed by atoms with Crippen molar-refractivity contribution in [2.45, 2.75) is 33.1 Å². The van der Waals surface area contributed by atoms with Gasteiger partial charge in [-0.3, -0.25) is 4.79 Å². The summed E-state index contributed by atoms with van der Waals surface area (Å²) in [5.74, 6) is -0.526. The van der Waals surface area contributed by atoms with Crippen molar-refractivity contribution in [2.75, 3.05) is 0 Å². The van der Waals surface area contributed by atoms with Crippen molar-refractivity contribution in [2.24, 2.45) is 0 Å². The SMILES string of the molecule is CCCCc1c(C=Cc2ccccc2C)oc2ccc(C(=O)O)cc2c1=O. The first-order valence-electron chi connectivity index (χ1n) is 9.08. The molecule has 138 valence electrons. The molecular formula is C23H22O4. The van der Waals surface area contributed by atoms with Gasteiger partial charge in [0.2, 0.25) is 0 Å². The summed E-state index contributed by atoms with van der Waals surface area (Å²) in [6.45, 7) is 4.09. The molecule has 4 heteroatoms. The number of aromatic carboxylic acids is 1. The third-order valence-corrected chi connectivity index (χ3v) is 4.65. The van der Waals surface area contributed by atoms with Crippen LogP contribution in [0, 0.1) is 6.92 Å². The van der Waals surface area contributed by atoms with Crippen LogP contribution in [0.2, 0.25) is 0 Å². The fraction of sp³-hybridized carbons (Fsp3) is 0.217. The molecule has 0 bridgehead atoms. The Morgan fingerprint density at radius 2 is 1.93 bits per heavy atom. The van der Waals surface area contributed by atoms with Gasteiger partial charge in [0.15, 0.2) is 5.43 Å². The average Bonchev–Trinajstić information content (AvgIpc) is 2.66. The Bertz CT molecular complexity index is 1070. The number of benzene rings is 2. The van der Waals surface area contributed by atoms with E-state index in [2.05, 4.69) is 6.92 Å². The Morgan fingerprint density at radius 1 is 1.15 bits per heavy atom. The summed E-state index contributed by atoms with van der Waals surface area (Å²) in [6.07, 6.45) is 6.19. The minimum absolute atomic E-state index is 0.0828. The molecule has 0 fully saturated rings. The van der Waals surface area contributed by atoms with E-state index in [-0.39, 0.29) is 11.0 Å². The van der Waals surface area contributed by atoms with Gasteiger partial charge in [0, 0.05) is 5.56 Å². The molecule has 0 amide bonds. The van der Waals surface area contributed by atoms with E-state index in [4.69, 9.17) is 4.42 Å². The van der Waals surface area contributed by atoms with Crippen LogP contribution in [0.1, 0.15) is 52.6 Å². The molecular weight excluding hydrogens is 340 g/mol. The molecule has 2 aromatic carbocycles. The summed E-state index contributed by atoms with van der Waals surface area (Å²) in [5, 5.41) is 9.51. The number of rotatable bonds is 6. The summed E-state index contributed by atoms with van der Waals surface area (Å²) in [5.41, 5.74) is 3.11. The van der Waals surface area contributed by atoms with E-state index in [9.17, 15) is 14.7 Å². The van der Waals surface area contributed by atoms with Gasteiger partial charge < -0.3 is 9.52 Å². The highest BCUT2D eigenvalue weighted by Crippen LogP contribution is 2.21. The predicted octanol–water partition coefficient (Wildman–Crippen LogP) is 5.31. The highest BCUT2D eigenvalue weighted by atomic mass is 16.4. The molecule has 0 spiro atoms. The van der Waals surface area contributed by atoms with Gasteiger partial charge >= 0.3 is 5.97 Å². The van der Waals surface area contributed by atoms with E-state index in [0.717, 1.165) is 24.0 Å². The Labute approximate surface area is 157 Å². The van der Waals surface area contributed by atoms with Crippen LogP contribution < -0.4 is 5.43 Å². The van der Waals surface area contributed by atoms with Crippen LogP contribution in [0.3, 0.4) is 0 Å². The Morgan fingerprint density at radius 3 is 2.63 bits per heavy atom. The van der Waals surface area contributed by atoms with E-state index >= 15 is 0 Å². The number of hydrogen-bond donors (Lipinski definition) is 1. The topological polar surface area (TPSA) is 67.5 Å². The molecule has 1 heterocycles. The molecule has 1 N–H and O–H groups in total. The molecule has 3 rings (SSSR count). The van der Waals surface area contributed by atoms with Gasteiger partial charge in [-0.25, -0.2) is 4.79 Å². The third kappa shape index (κ3) is 4.00. The summed E-state index contributed by atoms with van der Waals surface area (Å²) in [6, 6.07) is 12.4. The van der Waals surface area contributed by atoms with Crippen molar-refractivity contribution in [1.82, 2.24) is 0 Å². The number of hydrogen-bond acceptors (Lipinski definition) is 3. The minimum atomic E-state index is -1.06. The van der Waals surface area contributed by atoms with Crippen molar-refractivity contribution >= 4 is 29.1 Å². The van der Waals surface area contributed by atoms with Gasteiger partial charge in [-0.15, -0.1) is 0 Å². The van der Waals surface area contributed by atoms with E-state index in [1.54, 1.807) is 6.07 Å². The number of carboxylic acids is 1. The Balaban J connectivity index is 2.15. The van der Waals surface area contributed by atoms with Crippen LogP contribution in [0.4, 0.5) is 0 Å². The van der Waals surface area contributed by atoms with Crippen LogP contribution in [-0.2, 0) is 6.42 Å². The van der Waals surface area contributed by atoms with Gasteiger partial charge in [0.05, 0.1) is 10.9 Å². The van der Waals surface area contributed by atoms with E-state index in [0.29, 0.717) is 28.7 Å². The number of carbonyl (C=O) groups is 1. The van der Waals surface area contributed by atoms with Crippen molar-refractivity contribution in [3.05, 3.63) is 80.7 Å². The molecule has 0 unspecified atom stereocenters. The minimum Gasteiger partial charge on any atom is -0.478 e. The lowest BCUT2D eigenvalue weighted by molar-refractivity contribution is 0.0697. The third-order valence-electron chi connectivity index (χ3n) is 4.65. The number of fused-ring (bicyclic) bond motifs is 1. The van der Waals surface area contributed by atoms with Crippen LogP contribution in [0.15, 0.2) is 51.7 Å². The Hall–Kier alpha value is -3.14. The normalized spacial score (nSPS) is 11.3. The lowest BCUT2D eigenvalue weighted by Gasteiger charge is -2.08. The molecule has 0 aliphatic rings. The van der Waals surface area contributed by atoms with Crippen molar-refractivity contribution in [3.8, 4) is 0 Å². The molecule has 0 aliphatic heterocycles. The fourth-order valence-electron chi connectivity index (χ4n) is 3.05. The molecule has 3 aromatic rings. The molecule has 0 atom stereocenters. The predicted molar refractivity (Wildman–Crippen MR) is 108 cm³/mol. The van der Waals surface area contributed by atoms with E-state index in [1.807, 2.05) is 43.3 Å². The average molecular weight is 362 g/mol. The van der Waals surface area contributed by atoms with Crippen LogP contribution >= 0.6 is 0 Å². The van der Waals surface area contributed by atoms with Gasteiger partial charge in [-0.05, 0) is 55.2 Å². The highest BCUT2D eigenvalue weighted by Gasteiger charge is 2.14.